The number of anilines is 1. The van der Waals surface area contributed by atoms with Crippen LogP contribution in [-0.2, 0) is 0 Å². The Morgan fingerprint density at radius 1 is 1.46 bits per heavy atom. The Balaban J connectivity index is 2.40. The first kappa shape index (κ1) is 7.99. The van der Waals surface area contributed by atoms with Crippen LogP contribution in [0.15, 0.2) is 6.33 Å². The van der Waals surface area contributed by atoms with Crippen LogP contribution in [0.2, 0.25) is 0 Å². The van der Waals surface area contributed by atoms with Crippen molar-refractivity contribution in [2.24, 2.45) is 0 Å². The van der Waals surface area contributed by atoms with Crippen molar-refractivity contribution < 1.29 is 0 Å². The zero-order valence-electron chi connectivity index (χ0n) is 7.49. The predicted octanol–water partition coefficient (Wildman–Crippen LogP) is 0.867. The highest BCUT2D eigenvalue weighted by atomic mass is 15.2. The first-order chi connectivity index (χ1) is 6.33. The van der Waals surface area contributed by atoms with Crippen LogP contribution in [0.5, 0.6) is 0 Å². The molecule has 0 radical (unpaired) electrons. The summed E-state index contributed by atoms with van der Waals surface area (Å²) in [5.41, 5.74) is 1.38. The van der Waals surface area contributed by atoms with Gasteiger partial charge < -0.3 is 4.90 Å². The van der Waals surface area contributed by atoms with Crippen molar-refractivity contribution >= 4 is 5.82 Å². The fraction of sp³-hybridized carbons (Fsp3) is 0.444. The van der Waals surface area contributed by atoms with Crippen LogP contribution < -0.4 is 4.90 Å². The van der Waals surface area contributed by atoms with Gasteiger partial charge in [0, 0.05) is 18.7 Å². The molecule has 0 aromatic carbocycles. The van der Waals surface area contributed by atoms with Gasteiger partial charge in [-0.25, -0.2) is 9.97 Å². The number of rotatable bonds is 1. The molecule has 2 rings (SSSR count). The third-order valence-electron chi connectivity index (χ3n) is 2.32. The first-order valence-corrected chi connectivity index (χ1v) is 4.29. The summed E-state index contributed by atoms with van der Waals surface area (Å²) in [5.74, 6) is 0.915. The molecule has 0 saturated carbocycles. The molecule has 1 fully saturated rings. The summed E-state index contributed by atoms with van der Waals surface area (Å²) in [6.45, 7) is 3.98. The van der Waals surface area contributed by atoms with Crippen LogP contribution >= 0.6 is 0 Å². The summed E-state index contributed by atoms with van der Waals surface area (Å²) in [7, 11) is 0. The molecule has 1 aromatic heterocycles. The van der Waals surface area contributed by atoms with E-state index >= 15 is 0 Å². The molecule has 0 amide bonds. The molecule has 1 aliphatic heterocycles. The monoisotopic (exact) mass is 174 g/mol. The Morgan fingerprint density at radius 3 is 2.77 bits per heavy atom. The van der Waals surface area contributed by atoms with E-state index in [2.05, 4.69) is 20.9 Å². The summed E-state index contributed by atoms with van der Waals surface area (Å²) >= 11 is 0. The SMILES string of the molecule is Cc1c(C#N)ncnc1N1CCC1. The number of aromatic nitrogens is 2. The van der Waals surface area contributed by atoms with Crippen LogP contribution in [0.4, 0.5) is 5.82 Å². The van der Waals surface area contributed by atoms with E-state index < -0.39 is 0 Å². The fourth-order valence-electron chi connectivity index (χ4n) is 1.40. The maximum Gasteiger partial charge on any atom is 0.148 e. The molecule has 0 aliphatic carbocycles. The minimum atomic E-state index is 0.483. The Kier molecular flexibility index (Phi) is 1.85. The van der Waals surface area contributed by atoms with E-state index in [1.807, 2.05) is 6.92 Å². The summed E-state index contributed by atoms with van der Waals surface area (Å²) in [5, 5.41) is 8.76. The van der Waals surface area contributed by atoms with Gasteiger partial charge in [-0.05, 0) is 13.3 Å². The number of nitrogens with zero attached hydrogens (tertiary/aromatic N) is 4. The first-order valence-electron chi connectivity index (χ1n) is 4.29. The fourth-order valence-corrected chi connectivity index (χ4v) is 1.40. The topological polar surface area (TPSA) is 52.8 Å². The Morgan fingerprint density at radius 2 is 2.23 bits per heavy atom. The van der Waals surface area contributed by atoms with E-state index in [-0.39, 0.29) is 0 Å². The minimum Gasteiger partial charge on any atom is -0.356 e. The maximum absolute atomic E-state index is 8.76. The quantitative estimate of drug-likeness (QED) is 0.633. The van der Waals surface area contributed by atoms with Gasteiger partial charge in [-0.1, -0.05) is 0 Å². The molecule has 1 saturated heterocycles. The molecular formula is C9H10N4. The summed E-state index contributed by atoms with van der Waals surface area (Å²) in [6.07, 6.45) is 2.67. The second kappa shape index (κ2) is 3.02. The lowest BCUT2D eigenvalue weighted by Gasteiger charge is -2.32. The lowest BCUT2D eigenvalue weighted by molar-refractivity contribution is 0.606. The minimum absolute atomic E-state index is 0.483. The highest BCUT2D eigenvalue weighted by molar-refractivity contribution is 5.52. The van der Waals surface area contributed by atoms with E-state index in [0.717, 1.165) is 24.5 Å². The Labute approximate surface area is 76.8 Å². The van der Waals surface area contributed by atoms with Gasteiger partial charge >= 0.3 is 0 Å². The number of nitriles is 1. The molecule has 66 valence electrons. The summed E-state index contributed by atoms with van der Waals surface area (Å²) in [6, 6.07) is 2.06. The van der Waals surface area contributed by atoms with Gasteiger partial charge in [0.05, 0.1) is 0 Å². The van der Waals surface area contributed by atoms with Crippen molar-refractivity contribution in [2.75, 3.05) is 18.0 Å². The largest absolute Gasteiger partial charge is 0.356 e. The third-order valence-corrected chi connectivity index (χ3v) is 2.32. The molecule has 1 aliphatic rings. The lowest BCUT2D eigenvalue weighted by atomic mass is 10.1. The smallest absolute Gasteiger partial charge is 0.148 e. The molecule has 0 unspecified atom stereocenters. The van der Waals surface area contributed by atoms with Crippen molar-refractivity contribution in [1.29, 1.82) is 5.26 Å². The summed E-state index contributed by atoms with van der Waals surface area (Å²) in [4.78, 5) is 10.2. The average Bonchev–Trinajstić information content (AvgIpc) is 2.05. The Bertz CT molecular complexity index is 362. The van der Waals surface area contributed by atoms with Crippen LogP contribution in [-0.4, -0.2) is 23.1 Å². The predicted molar refractivity (Wildman–Crippen MR) is 48.3 cm³/mol. The Hall–Kier alpha value is -1.63. The van der Waals surface area contributed by atoms with Gasteiger partial charge in [0.1, 0.15) is 23.9 Å². The van der Waals surface area contributed by atoms with Crippen molar-refractivity contribution in [3.63, 3.8) is 0 Å². The highest BCUT2D eigenvalue weighted by Crippen LogP contribution is 2.22. The molecule has 13 heavy (non-hydrogen) atoms. The average molecular weight is 174 g/mol. The van der Waals surface area contributed by atoms with E-state index in [1.54, 1.807) is 0 Å². The van der Waals surface area contributed by atoms with Gasteiger partial charge in [0.15, 0.2) is 0 Å². The molecule has 0 spiro atoms. The van der Waals surface area contributed by atoms with E-state index in [1.165, 1.54) is 12.7 Å². The van der Waals surface area contributed by atoms with Gasteiger partial charge in [0.25, 0.3) is 0 Å². The van der Waals surface area contributed by atoms with Gasteiger partial charge in [0.2, 0.25) is 0 Å². The lowest BCUT2D eigenvalue weighted by Crippen LogP contribution is -2.38. The maximum atomic E-state index is 8.76. The molecule has 0 N–H and O–H groups in total. The van der Waals surface area contributed by atoms with Crippen molar-refractivity contribution in [2.45, 2.75) is 13.3 Å². The van der Waals surface area contributed by atoms with Crippen LogP contribution in [0.25, 0.3) is 0 Å². The van der Waals surface area contributed by atoms with Crippen LogP contribution in [0, 0.1) is 18.3 Å². The van der Waals surface area contributed by atoms with Crippen molar-refractivity contribution in [1.82, 2.24) is 9.97 Å². The second-order valence-corrected chi connectivity index (χ2v) is 3.12. The standard InChI is InChI=1S/C9H10N4/c1-7-8(5-10)11-6-12-9(7)13-3-2-4-13/h6H,2-4H2,1H3. The van der Waals surface area contributed by atoms with Crippen LogP contribution in [0.1, 0.15) is 17.7 Å². The van der Waals surface area contributed by atoms with Crippen molar-refractivity contribution in [3.8, 4) is 6.07 Å². The molecule has 2 heterocycles. The van der Waals surface area contributed by atoms with Gasteiger partial charge in [-0.15, -0.1) is 0 Å². The molecule has 4 nitrogen and oxygen atoms in total. The molecule has 0 bridgehead atoms. The normalized spacial score (nSPS) is 14.9. The molecule has 1 aromatic rings. The zero-order valence-corrected chi connectivity index (χ0v) is 7.49. The zero-order chi connectivity index (χ0) is 9.26. The number of hydrogen-bond donors (Lipinski definition) is 0. The highest BCUT2D eigenvalue weighted by Gasteiger charge is 2.19. The van der Waals surface area contributed by atoms with E-state index in [9.17, 15) is 0 Å². The van der Waals surface area contributed by atoms with E-state index in [0.29, 0.717) is 5.69 Å². The molecule has 0 atom stereocenters. The second-order valence-electron chi connectivity index (χ2n) is 3.12. The van der Waals surface area contributed by atoms with Crippen molar-refractivity contribution in [3.05, 3.63) is 17.6 Å². The third kappa shape index (κ3) is 1.22. The summed E-state index contributed by atoms with van der Waals surface area (Å²) < 4.78 is 0. The number of hydrogen-bond acceptors (Lipinski definition) is 4. The van der Waals surface area contributed by atoms with Gasteiger partial charge in [-0.2, -0.15) is 5.26 Å². The molecule has 4 heteroatoms. The molecular weight excluding hydrogens is 164 g/mol. The van der Waals surface area contributed by atoms with Gasteiger partial charge in [-0.3, -0.25) is 0 Å². The van der Waals surface area contributed by atoms with E-state index in [4.69, 9.17) is 5.26 Å². The van der Waals surface area contributed by atoms with Crippen LogP contribution in [0.3, 0.4) is 0 Å².